The van der Waals surface area contributed by atoms with Crippen molar-refractivity contribution in [3.05, 3.63) is 95.1 Å². The molecule has 4 rings (SSSR count). The fraction of sp³-hybridized carbons (Fsp3) is 0.627. The van der Waals surface area contributed by atoms with E-state index in [0.29, 0.717) is 17.0 Å². The second-order valence-electron chi connectivity index (χ2n) is 19.1. The molecule has 0 aliphatic carbocycles. The van der Waals surface area contributed by atoms with Crippen molar-refractivity contribution in [1.82, 2.24) is 19.9 Å². The van der Waals surface area contributed by atoms with Gasteiger partial charge in [-0.25, -0.2) is 9.59 Å². The van der Waals surface area contributed by atoms with Crippen molar-refractivity contribution in [1.29, 1.82) is 0 Å². The Morgan fingerprint density at radius 3 is 1.07 bits per heavy atom. The molecular weight excluding hydrogens is 829 g/mol. The summed E-state index contributed by atoms with van der Waals surface area (Å²) < 4.78 is 0. The highest BCUT2D eigenvalue weighted by Gasteiger charge is 2.15. The first-order chi connectivity index (χ1) is 32.8. The Kier molecular flexibility index (Phi) is 31.8. The van der Waals surface area contributed by atoms with Gasteiger partial charge in [0.25, 0.3) is 0 Å². The lowest BCUT2D eigenvalue weighted by Gasteiger charge is -2.07. The van der Waals surface area contributed by atoms with Crippen LogP contribution in [0.5, 0.6) is 0 Å². The molecule has 0 atom stereocenters. The summed E-state index contributed by atoms with van der Waals surface area (Å²) in [6.07, 6.45) is 54.5. The largest absolute Gasteiger partial charge is 0.478 e. The van der Waals surface area contributed by atoms with Gasteiger partial charge in [-0.1, -0.05) is 206 Å². The van der Waals surface area contributed by atoms with Gasteiger partial charge in [0.05, 0.1) is 33.9 Å². The third-order valence-electron chi connectivity index (χ3n) is 13.2. The molecule has 0 aromatic carbocycles. The minimum absolute atomic E-state index is 0.0759. The number of pyridine rings is 4. The van der Waals surface area contributed by atoms with Crippen LogP contribution in [0.25, 0.3) is 22.8 Å². The molecule has 8 nitrogen and oxygen atoms in total. The topological polar surface area (TPSA) is 126 Å². The number of aromatic nitrogens is 4. The number of nitrogens with zero attached hydrogens (tertiary/aromatic N) is 4. The van der Waals surface area contributed by atoms with Crippen LogP contribution in [0.4, 0.5) is 0 Å². The first kappa shape index (κ1) is 56.9. The van der Waals surface area contributed by atoms with E-state index in [9.17, 15) is 9.59 Å². The molecule has 4 aromatic heterocycles. The standard InChI is InChI=1S/C46H80N2.C13H10N2O4/c1-3-5-7-9-11-13-15-17-19-21-23-25-27-29-31-33-35-43-37-39-47-45(41-43)46-42-44(38-40-48-46)36-34-32-30-28-26-24-22-20-18-16-14-12-10-8-6-4-2;1-7-9(13(18)19)3-5-15-11(7)10-6-8(12(16)17)2-4-14-10/h37-42H,3-36H2,1-2H3;2-6H,1H3,(H,16,17)(H,18,19). The molecule has 67 heavy (non-hydrogen) atoms. The van der Waals surface area contributed by atoms with Crippen molar-refractivity contribution in [2.45, 2.75) is 239 Å². The van der Waals surface area contributed by atoms with Gasteiger partial charge in [-0.05, 0) is 91.8 Å². The number of hydrogen-bond donors (Lipinski definition) is 2. The first-order valence-corrected chi connectivity index (χ1v) is 27.1. The lowest BCUT2D eigenvalue weighted by Crippen LogP contribution is -2.04. The van der Waals surface area contributed by atoms with Crippen molar-refractivity contribution < 1.29 is 19.8 Å². The van der Waals surface area contributed by atoms with E-state index < -0.39 is 11.9 Å². The minimum Gasteiger partial charge on any atom is -0.478 e. The molecule has 0 saturated carbocycles. The molecular formula is C59H90N4O4. The Balaban J connectivity index is 0.000000517. The number of aryl methyl sites for hydroxylation is 2. The maximum Gasteiger partial charge on any atom is 0.336 e. The molecule has 0 fully saturated rings. The molecule has 0 aliphatic rings. The Morgan fingerprint density at radius 1 is 0.388 bits per heavy atom. The quantitative estimate of drug-likeness (QED) is 0.0426. The van der Waals surface area contributed by atoms with Crippen LogP contribution in [0.2, 0.25) is 0 Å². The molecule has 0 unspecified atom stereocenters. The van der Waals surface area contributed by atoms with Crippen molar-refractivity contribution in [3.63, 3.8) is 0 Å². The van der Waals surface area contributed by atoms with Gasteiger partial charge in [-0.2, -0.15) is 0 Å². The molecule has 0 bridgehead atoms. The van der Waals surface area contributed by atoms with Crippen LogP contribution >= 0.6 is 0 Å². The number of carboxylic acid groups (broad SMARTS) is 2. The molecule has 2 N–H and O–H groups in total. The van der Waals surface area contributed by atoms with Gasteiger partial charge < -0.3 is 10.2 Å². The predicted octanol–water partition coefficient (Wildman–Crippen LogP) is 17.6. The smallest absolute Gasteiger partial charge is 0.336 e. The summed E-state index contributed by atoms with van der Waals surface area (Å²) in [5.74, 6) is -2.13. The van der Waals surface area contributed by atoms with Crippen LogP contribution in [0.15, 0.2) is 67.3 Å². The summed E-state index contributed by atoms with van der Waals surface area (Å²) in [6, 6.07) is 13.1. The average molecular weight is 919 g/mol. The average Bonchev–Trinajstić information content (AvgIpc) is 3.34. The Bertz CT molecular complexity index is 1820. The summed E-state index contributed by atoms with van der Waals surface area (Å²) >= 11 is 0. The van der Waals surface area contributed by atoms with Gasteiger partial charge in [-0.15, -0.1) is 0 Å². The molecule has 0 aliphatic heterocycles. The van der Waals surface area contributed by atoms with Gasteiger partial charge in [0.1, 0.15) is 0 Å². The van der Waals surface area contributed by atoms with Crippen LogP contribution in [0.3, 0.4) is 0 Å². The predicted molar refractivity (Wildman–Crippen MR) is 280 cm³/mol. The van der Waals surface area contributed by atoms with Crippen LogP contribution in [-0.4, -0.2) is 42.1 Å². The molecule has 0 radical (unpaired) electrons. The molecule has 370 valence electrons. The molecule has 4 heterocycles. The van der Waals surface area contributed by atoms with E-state index in [1.54, 1.807) is 6.92 Å². The highest BCUT2D eigenvalue weighted by Crippen LogP contribution is 2.24. The second-order valence-corrected chi connectivity index (χ2v) is 19.1. The van der Waals surface area contributed by atoms with Crippen molar-refractivity contribution in [2.75, 3.05) is 0 Å². The number of hydrogen-bond acceptors (Lipinski definition) is 6. The van der Waals surface area contributed by atoms with Crippen LogP contribution in [0.1, 0.15) is 257 Å². The molecule has 8 heteroatoms. The van der Waals surface area contributed by atoms with Gasteiger partial charge >= 0.3 is 11.9 Å². The third kappa shape index (κ3) is 26.0. The number of aromatic carboxylic acids is 2. The maximum atomic E-state index is 11.0. The summed E-state index contributed by atoms with van der Waals surface area (Å²) in [7, 11) is 0. The van der Waals surface area contributed by atoms with E-state index in [-0.39, 0.29) is 11.1 Å². The fourth-order valence-electron chi connectivity index (χ4n) is 9.01. The number of rotatable bonds is 38. The summed E-state index contributed by atoms with van der Waals surface area (Å²) in [4.78, 5) is 39.4. The summed E-state index contributed by atoms with van der Waals surface area (Å²) in [6.45, 7) is 6.22. The minimum atomic E-state index is -1.07. The normalized spacial score (nSPS) is 11.1. The highest BCUT2D eigenvalue weighted by atomic mass is 16.4. The molecule has 0 amide bonds. The molecule has 0 saturated heterocycles. The van der Waals surface area contributed by atoms with E-state index in [1.165, 1.54) is 247 Å². The fourth-order valence-corrected chi connectivity index (χ4v) is 9.01. The second kappa shape index (κ2) is 37.5. The molecule has 0 spiro atoms. The Labute approximate surface area is 407 Å². The lowest BCUT2D eigenvalue weighted by molar-refractivity contribution is 0.0685. The zero-order chi connectivity index (χ0) is 48.0. The van der Waals surface area contributed by atoms with Crippen LogP contribution in [-0.2, 0) is 12.8 Å². The van der Waals surface area contributed by atoms with Crippen molar-refractivity contribution in [3.8, 4) is 22.8 Å². The van der Waals surface area contributed by atoms with Crippen molar-refractivity contribution >= 4 is 11.9 Å². The van der Waals surface area contributed by atoms with Gasteiger partial charge in [-0.3, -0.25) is 19.9 Å². The monoisotopic (exact) mass is 919 g/mol. The van der Waals surface area contributed by atoms with E-state index in [2.05, 4.69) is 48.1 Å². The SMILES string of the molecule is CCCCCCCCCCCCCCCCCCc1ccnc(-c2cc(CCCCCCCCCCCCCCCCCC)ccn2)c1.Cc1c(C(=O)O)ccnc1-c1cc(C(=O)O)ccn1. The highest BCUT2D eigenvalue weighted by molar-refractivity contribution is 5.92. The zero-order valence-corrected chi connectivity index (χ0v) is 42.4. The van der Waals surface area contributed by atoms with Gasteiger partial charge in [0.2, 0.25) is 0 Å². The Morgan fingerprint density at radius 2 is 0.716 bits per heavy atom. The molecule has 4 aromatic rings. The van der Waals surface area contributed by atoms with E-state index in [1.807, 2.05) is 12.4 Å². The Hall–Kier alpha value is -4.46. The number of carboxylic acids is 2. The number of carbonyl (C=O) groups is 2. The number of unbranched alkanes of at least 4 members (excludes halogenated alkanes) is 30. The lowest BCUT2D eigenvalue weighted by atomic mass is 10.0. The summed E-state index contributed by atoms with van der Waals surface area (Å²) in [5, 5.41) is 18.0. The van der Waals surface area contributed by atoms with E-state index in [4.69, 9.17) is 20.2 Å². The van der Waals surface area contributed by atoms with Crippen molar-refractivity contribution in [2.24, 2.45) is 0 Å². The van der Waals surface area contributed by atoms with Gasteiger partial charge in [0.15, 0.2) is 0 Å². The zero-order valence-electron chi connectivity index (χ0n) is 42.4. The van der Waals surface area contributed by atoms with Gasteiger partial charge in [0, 0.05) is 24.8 Å². The van der Waals surface area contributed by atoms with Crippen LogP contribution in [0, 0.1) is 6.92 Å². The van der Waals surface area contributed by atoms with E-state index in [0.717, 1.165) is 24.2 Å². The summed E-state index contributed by atoms with van der Waals surface area (Å²) in [5.41, 5.74) is 6.24. The first-order valence-electron chi connectivity index (χ1n) is 27.1. The van der Waals surface area contributed by atoms with Crippen LogP contribution < -0.4 is 0 Å². The third-order valence-corrected chi connectivity index (χ3v) is 13.2. The van der Waals surface area contributed by atoms with E-state index >= 15 is 0 Å². The maximum absolute atomic E-state index is 11.0.